The standard InChI is InChI=1S/C22H21NO5/c1-26-19-11-4-5-12-20(19)27-14-13-22(25)28-15-21(24)23-18-10-6-8-16-7-2-3-9-17(16)18/h2-12H,13-15H2,1H3,(H,23,24). The maximum absolute atomic E-state index is 12.1. The summed E-state index contributed by atoms with van der Waals surface area (Å²) < 4.78 is 15.7. The van der Waals surface area contributed by atoms with Crippen LogP contribution in [0.2, 0.25) is 0 Å². The number of amides is 1. The summed E-state index contributed by atoms with van der Waals surface area (Å²) in [6, 6.07) is 20.5. The molecule has 0 aliphatic carbocycles. The Morgan fingerprint density at radius 1 is 0.893 bits per heavy atom. The average Bonchev–Trinajstić information content (AvgIpc) is 2.73. The third kappa shape index (κ3) is 5.01. The molecule has 0 fully saturated rings. The number of anilines is 1. The number of esters is 1. The van der Waals surface area contributed by atoms with E-state index in [9.17, 15) is 9.59 Å². The van der Waals surface area contributed by atoms with Gasteiger partial charge < -0.3 is 19.5 Å². The maximum Gasteiger partial charge on any atom is 0.309 e. The number of fused-ring (bicyclic) bond motifs is 1. The molecule has 3 aromatic rings. The van der Waals surface area contributed by atoms with Crippen molar-refractivity contribution in [3.63, 3.8) is 0 Å². The van der Waals surface area contributed by atoms with E-state index in [4.69, 9.17) is 14.2 Å². The third-order valence-corrected chi connectivity index (χ3v) is 4.06. The van der Waals surface area contributed by atoms with Crippen molar-refractivity contribution in [1.82, 2.24) is 0 Å². The van der Waals surface area contributed by atoms with E-state index in [0.717, 1.165) is 10.8 Å². The number of para-hydroxylation sites is 2. The second-order valence-corrected chi connectivity index (χ2v) is 5.98. The Kier molecular flexibility index (Phi) is 6.46. The summed E-state index contributed by atoms with van der Waals surface area (Å²) in [5.74, 6) is 0.232. The lowest BCUT2D eigenvalue weighted by atomic mass is 10.1. The van der Waals surface area contributed by atoms with Crippen molar-refractivity contribution in [2.45, 2.75) is 6.42 Å². The van der Waals surface area contributed by atoms with Crippen LogP contribution in [0.25, 0.3) is 10.8 Å². The van der Waals surface area contributed by atoms with Gasteiger partial charge in [-0.2, -0.15) is 0 Å². The maximum atomic E-state index is 12.1. The molecule has 6 nitrogen and oxygen atoms in total. The fourth-order valence-electron chi connectivity index (χ4n) is 2.72. The summed E-state index contributed by atoms with van der Waals surface area (Å²) >= 11 is 0. The quantitative estimate of drug-likeness (QED) is 0.603. The second-order valence-electron chi connectivity index (χ2n) is 5.98. The molecule has 0 aliphatic heterocycles. The lowest BCUT2D eigenvalue weighted by Gasteiger charge is -2.11. The highest BCUT2D eigenvalue weighted by atomic mass is 16.5. The first-order valence-electron chi connectivity index (χ1n) is 8.86. The predicted octanol–water partition coefficient (Wildman–Crippen LogP) is 3.80. The molecule has 3 rings (SSSR count). The van der Waals surface area contributed by atoms with E-state index in [1.165, 1.54) is 0 Å². The van der Waals surface area contributed by atoms with Crippen molar-refractivity contribution in [2.75, 3.05) is 25.6 Å². The molecule has 0 unspecified atom stereocenters. The van der Waals surface area contributed by atoms with Gasteiger partial charge in [-0.15, -0.1) is 0 Å². The summed E-state index contributed by atoms with van der Waals surface area (Å²) in [6.45, 7) is -0.221. The third-order valence-electron chi connectivity index (χ3n) is 4.06. The minimum Gasteiger partial charge on any atom is -0.493 e. The van der Waals surface area contributed by atoms with E-state index in [-0.39, 0.29) is 19.6 Å². The molecule has 0 heterocycles. The molecular formula is C22H21NO5. The van der Waals surface area contributed by atoms with Crippen LogP contribution in [0.3, 0.4) is 0 Å². The van der Waals surface area contributed by atoms with Gasteiger partial charge in [-0.3, -0.25) is 9.59 Å². The topological polar surface area (TPSA) is 73.9 Å². The van der Waals surface area contributed by atoms with Gasteiger partial charge in [0.25, 0.3) is 5.91 Å². The summed E-state index contributed by atoms with van der Waals surface area (Å²) in [5.41, 5.74) is 0.679. The van der Waals surface area contributed by atoms with Gasteiger partial charge in [0.15, 0.2) is 18.1 Å². The van der Waals surface area contributed by atoms with Gasteiger partial charge in [-0.05, 0) is 23.6 Å². The molecule has 0 saturated carbocycles. The van der Waals surface area contributed by atoms with Gasteiger partial charge >= 0.3 is 5.97 Å². The van der Waals surface area contributed by atoms with Crippen LogP contribution in [0.5, 0.6) is 11.5 Å². The lowest BCUT2D eigenvalue weighted by molar-refractivity contribution is -0.147. The number of hydrogen-bond donors (Lipinski definition) is 1. The van der Waals surface area contributed by atoms with Crippen molar-refractivity contribution in [3.05, 3.63) is 66.7 Å². The van der Waals surface area contributed by atoms with E-state index in [1.807, 2.05) is 54.6 Å². The van der Waals surface area contributed by atoms with Crippen LogP contribution < -0.4 is 14.8 Å². The number of benzene rings is 3. The highest BCUT2D eigenvalue weighted by Gasteiger charge is 2.10. The Bertz CT molecular complexity index is 965. The molecule has 144 valence electrons. The first-order chi connectivity index (χ1) is 13.7. The molecule has 0 bridgehead atoms. The van der Waals surface area contributed by atoms with E-state index in [1.54, 1.807) is 19.2 Å². The molecule has 0 saturated heterocycles. The Morgan fingerprint density at radius 3 is 2.43 bits per heavy atom. The van der Waals surface area contributed by atoms with Crippen LogP contribution in [-0.2, 0) is 14.3 Å². The van der Waals surface area contributed by atoms with Crippen LogP contribution in [0, 0.1) is 0 Å². The molecule has 0 spiro atoms. The van der Waals surface area contributed by atoms with Crippen molar-refractivity contribution < 1.29 is 23.8 Å². The first-order valence-corrected chi connectivity index (χ1v) is 8.86. The van der Waals surface area contributed by atoms with E-state index >= 15 is 0 Å². The monoisotopic (exact) mass is 379 g/mol. The summed E-state index contributed by atoms with van der Waals surface area (Å²) in [7, 11) is 1.55. The Labute approximate surface area is 163 Å². The molecule has 3 aromatic carbocycles. The van der Waals surface area contributed by atoms with Crippen molar-refractivity contribution in [2.24, 2.45) is 0 Å². The molecule has 0 radical (unpaired) electrons. The lowest BCUT2D eigenvalue weighted by Crippen LogP contribution is -2.21. The predicted molar refractivity (Wildman–Crippen MR) is 107 cm³/mol. The summed E-state index contributed by atoms with van der Waals surface area (Å²) in [4.78, 5) is 23.9. The normalized spacial score (nSPS) is 10.3. The number of carbonyl (C=O) groups is 2. The largest absolute Gasteiger partial charge is 0.493 e. The Morgan fingerprint density at radius 2 is 1.61 bits per heavy atom. The highest BCUT2D eigenvalue weighted by molar-refractivity contribution is 6.02. The molecular weight excluding hydrogens is 358 g/mol. The molecule has 1 N–H and O–H groups in total. The summed E-state index contributed by atoms with van der Waals surface area (Å²) in [5, 5.41) is 4.72. The van der Waals surface area contributed by atoms with Crippen LogP contribution >= 0.6 is 0 Å². The van der Waals surface area contributed by atoms with Gasteiger partial charge in [-0.1, -0.05) is 48.5 Å². The van der Waals surface area contributed by atoms with Gasteiger partial charge in [0.2, 0.25) is 0 Å². The molecule has 0 aliphatic rings. The smallest absolute Gasteiger partial charge is 0.309 e. The number of carbonyl (C=O) groups excluding carboxylic acids is 2. The molecule has 0 atom stereocenters. The number of methoxy groups -OCH3 is 1. The molecule has 28 heavy (non-hydrogen) atoms. The molecule has 1 amide bonds. The number of ether oxygens (including phenoxy) is 3. The van der Waals surface area contributed by atoms with E-state index in [2.05, 4.69) is 5.32 Å². The minimum absolute atomic E-state index is 0.0274. The summed E-state index contributed by atoms with van der Waals surface area (Å²) in [6.07, 6.45) is 0.0274. The van der Waals surface area contributed by atoms with E-state index in [0.29, 0.717) is 17.2 Å². The zero-order chi connectivity index (χ0) is 19.8. The first kappa shape index (κ1) is 19.2. The van der Waals surface area contributed by atoms with Crippen LogP contribution in [-0.4, -0.2) is 32.2 Å². The minimum atomic E-state index is -0.511. The Hall–Kier alpha value is -3.54. The van der Waals surface area contributed by atoms with Crippen LogP contribution in [0.4, 0.5) is 5.69 Å². The number of rotatable bonds is 8. The zero-order valence-corrected chi connectivity index (χ0v) is 15.5. The van der Waals surface area contributed by atoms with Crippen molar-refractivity contribution in [1.29, 1.82) is 0 Å². The van der Waals surface area contributed by atoms with Gasteiger partial charge in [-0.25, -0.2) is 0 Å². The van der Waals surface area contributed by atoms with Crippen LogP contribution in [0.15, 0.2) is 66.7 Å². The zero-order valence-electron chi connectivity index (χ0n) is 15.5. The van der Waals surface area contributed by atoms with E-state index < -0.39 is 11.9 Å². The SMILES string of the molecule is COc1ccccc1OCCC(=O)OCC(=O)Nc1cccc2ccccc12. The fourth-order valence-corrected chi connectivity index (χ4v) is 2.72. The van der Waals surface area contributed by atoms with Crippen LogP contribution in [0.1, 0.15) is 6.42 Å². The van der Waals surface area contributed by atoms with Gasteiger partial charge in [0.05, 0.1) is 20.1 Å². The molecule has 0 aromatic heterocycles. The second kappa shape index (κ2) is 9.41. The molecule has 6 heteroatoms. The van der Waals surface area contributed by atoms with Crippen molar-refractivity contribution in [3.8, 4) is 11.5 Å². The fraction of sp³-hybridized carbons (Fsp3) is 0.182. The number of hydrogen-bond acceptors (Lipinski definition) is 5. The highest BCUT2D eigenvalue weighted by Crippen LogP contribution is 2.26. The van der Waals surface area contributed by atoms with Gasteiger partial charge in [0.1, 0.15) is 0 Å². The number of nitrogens with one attached hydrogen (secondary N) is 1. The average molecular weight is 379 g/mol. The van der Waals surface area contributed by atoms with Crippen molar-refractivity contribution >= 4 is 28.3 Å². The van der Waals surface area contributed by atoms with Gasteiger partial charge in [0, 0.05) is 11.1 Å². The Balaban J connectivity index is 1.44.